The molecule has 0 saturated carbocycles. The van der Waals surface area contributed by atoms with Crippen LogP contribution in [0.1, 0.15) is 12.2 Å². The SMILES string of the molecule is COC(=O)CCN(C)S(=O)(=O)NCCc1nncn1C. The molecule has 1 heterocycles. The summed E-state index contributed by atoms with van der Waals surface area (Å²) in [6.07, 6.45) is 1.99. The number of carbonyl (C=O) groups excluding carboxylic acids is 1. The van der Waals surface area contributed by atoms with Gasteiger partial charge in [-0.25, -0.2) is 4.72 Å². The van der Waals surface area contributed by atoms with Crippen LogP contribution >= 0.6 is 0 Å². The summed E-state index contributed by atoms with van der Waals surface area (Å²) in [5.74, 6) is 0.232. The first kappa shape index (κ1) is 16.5. The van der Waals surface area contributed by atoms with E-state index in [-0.39, 0.29) is 19.5 Å². The smallest absolute Gasteiger partial charge is 0.306 e. The lowest BCUT2D eigenvalue weighted by Gasteiger charge is -2.16. The summed E-state index contributed by atoms with van der Waals surface area (Å²) in [6, 6.07) is 0. The fraction of sp³-hybridized carbons (Fsp3) is 0.700. The van der Waals surface area contributed by atoms with Gasteiger partial charge in [-0.2, -0.15) is 12.7 Å². The highest BCUT2D eigenvalue weighted by atomic mass is 32.2. The Morgan fingerprint density at radius 3 is 2.80 bits per heavy atom. The van der Waals surface area contributed by atoms with E-state index in [0.717, 1.165) is 4.31 Å². The molecule has 0 spiro atoms. The molecular weight excluding hydrogens is 286 g/mol. The van der Waals surface area contributed by atoms with Crippen molar-refractivity contribution in [1.29, 1.82) is 0 Å². The Labute approximate surface area is 118 Å². The lowest BCUT2D eigenvalue weighted by Crippen LogP contribution is -2.40. The first-order valence-electron chi connectivity index (χ1n) is 5.97. The van der Waals surface area contributed by atoms with E-state index in [1.807, 2.05) is 0 Å². The highest BCUT2D eigenvalue weighted by molar-refractivity contribution is 7.87. The van der Waals surface area contributed by atoms with Crippen molar-refractivity contribution in [3.63, 3.8) is 0 Å². The molecule has 0 unspecified atom stereocenters. The molecule has 0 amide bonds. The van der Waals surface area contributed by atoms with Gasteiger partial charge in [-0.15, -0.1) is 10.2 Å². The van der Waals surface area contributed by atoms with E-state index in [4.69, 9.17) is 0 Å². The van der Waals surface area contributed by atoms with Crippen LogP contribution in [0.3, 0.4) is 0 Å². The van der Waals surface area contributed by atoms with Crippen LogP contribution in [0.4, 0.5) is 0 Å². The molecule has 0 aliphatic rings. The van der Waals surface area contributed by atoms with Gasteiger partial charge in [-0.1, -0.05) is 0 Å². The maximum atomic E-state index is 11.9. The van der Waals surface area contributed by atoms with Crippen molar-refractivity contribution in [2.24, 2.45) is 7.05 Å². The fourth-order valence-corrected chi connectivity index (χ4v) is 2.32. The standard InChI is InChI=1S/C10H19N5O4S/c1-14-8-11-13-9(14)4-6-12-20(17,18)15(2)7-5-10(16)19-3/h8,12H,4-7H2,1-3H3. The van der Waals surface area contributed by atoms with Gasteiger partial charge in [-0.3, -0.25) is 4.79 Å². The zero-order chi connectivity index (χ0) is 15.2. The summed E-state index contributed by atoms with van der Waals surface area (Å²) < 4.78 is 33.4. The third kappa shape index (κ3) is 4.87. The van der Waals surface area contributed by atoms with Gasteiger partial charge in [0.1, 0.15) is 12.2 Å². The zero-order valence-electron chi connectivity index (χ0n) is 11.7. The maximum absolute atomic E-state index is 11.9. The minimum Gasteiger partial charge on any atom is -0.469 e. The average Bonchev–Trinajstić information content (AvgIpc) is 2.81. The van der Waals surface area contributed by atoms with Crippen LogP contribution in [0.25, 0.3) is 0 Å². The molecular formula is C10H19N5O4S. The van der Waals surface area contributed by atoms with Gasteiger partial charge in [0.05, 0.1) is 13.5 Å². The first-order chi connectivity index (χ1) is 9.36. The number of carbonyl (C=O) groups is 1. The topological polar surface area (TPSA) is 106 Å². The van der Waals surface area contributed by atoms with E-state index >= 15 is 0 Å². The van der Waals surface area contributed by atoms with Crippen LogP contribution < -0.4 is 4.72 Å². The number of hydrogen-bond acceptors (Lipinski definition) is 6. The normalized spacial score (nSPS) is 11.8. The minimum absolute atomic E-state index is 0.0111. The van der Waals surface area contributed by atoms with Crippen molar-refractivity contribution in [2.75, 3.05) is 27.2 Å². The van der Waals surface area contributed by atoms with Crippen molar-refractivity contribution in [1.82, 2.24) is 23.8 Å². The lowest BCUT2D eigenvalue weighted by atomic mass is 10.4. The van der Waals surface area contributed by atoms with Crippen LogP contribution in [-0.4, -0.2) is 60.7 Å². The molecule has 0 fully saturated rings. The summed E-state index contributed by atoms with van der Waals surface area (Å²) in [5.41, 5.74) is 0. The summed E-state index contributed by atoms with van der Waals surface area (Å²) in [4.78, 5) is 11.0. The van der Waals surface area contributed by atoms with Gasteiger partial charge in [-0.05, 0) is 0 Å². The quantitative estimate of drug-likeness (QED) is 0.598. The van der Waals surface area contributed by atoms with E-state index in [2.05, 4.69) is 19.7 Å². The fourth-order valence-electron chi connectivity index (χ4n) is 1.41. The van der Waals surface area contributed by atoms with Crippen LogP contribution in [-0.2, 0) is 33.2 Å². The summed E-state index contributed by atoms with van der Waals surface area (Å²) >= 11 is 0. The molecule has 114 valence electrons. The predicted octanol–water partition coefficient (Wildman–Crippen LogP) is -1.31. The van der Waals surface area contributed by atoms with Gasteiger partial charge in [0.2, 0.25) is 0 Å². The largest absolute Gasteiger partial charge is 0.469 e. The number of esters is 1. The first-order valence-corrected chi connectivity index (χ1v) is 7.41. The number of nitrogens with one attached hydrogen (secondary N) is 1. The number of rotatable bonds is 8. The number of aryl methyl sites for hydroxylation is 1. The van der Waals surface area contributed by atoms with E-state index < -0.39 is 16.2 Å². The number of hydrogen-bond donors (Lipinski definition) is 1. The highest BCUT2D eigenvalue weighted by Crippen LogP contribution is 1.98. The molecule has 1 aromatic rings. The van der Waals surface area contributed by atoms with Crippen LogP contribution in [0.5, 0.6) is 0 Å². The van der Waals surface area contributed by atoms with Crippen molar-refractivity contribution in [3.05, 3.63) is 12.2 Å². The molecule has 20 heavy (non-hydrogen) atoms. The van der Waals surface area contributed by atoms with Crippen molar-refractivity contribution in [3.8, 4) is 0 Å². The summed E-state index contributed by atoms with van der Waals surface area (Å²) in [7, 11) is 0.828. The lowest BCUT2D eigenvalue weighted by molar-refractivity contribution is -0.140. The number of methoxy groups -OCH3 is 1. The molecule has 0 radical (unpaired) electrons. The van der Waals surface area contributed by atoms with Gasteiger partial charge < -0.3 is 9.30 Å². The van der Waals surface area contributed by atoms with Crippen molar-refractivity contribution < 1.29 is 17.9 Å². The van der Waals surface area contributed by atoms with Gasteiger partial charge in [0.15, 0.2) is 0 Å². The Kier molecular flexibility index (Phi) is 6.05. The molecule has 0 aliphatic carbocycles. The molecule has 1 aromatic heterocycles. The molecule has 1 N–H and O–H groups in total. The van der Waals surface area contributed by atoms with Crippen LogP contribution in [0, 0.1) is 0 Å². The Morgan fingerprint density at radius 2 is 2.25 bits per heavy atom. The molecule has 0 saturated heterocycles. The Balaban J connectivity index is 2.40. The minimum atomic E-state index is -3.61. The second-order valence-electron chi connectivity index (χ2n) is 4.16. The van der Waals surface area contributed by atoms with E-state index in [9.17, 15) is 13.2 Å². The average molecular weight is 305 g/mol. The summed E-state index contributed by atoms with van der Waals surface area (Å²) in [5, 5.41) is 7.56. The second-order valence-corrected chi connectivity index (χ2v) is 6.02. The monoisotopic (exact) mass is 305 g/mol. The van der Waals surface area contributed by atoms with Crippen molar-refractivity contribution >= 4 is 16.2 Å². The van der Waals surface area contributed by atoms with E-state index in [0.29, 0.717) is 12.2 Å². The van der Waals surface area contributed by atoms with E-state index in [1.54, 1.807) is 17.9 Å². The molecule has 0 bridgehead atoms. The Hall–Kier alpha value is -1.52. The molecule has 0 aromatic carbocycles. The van der Waals surface area contributed by atoms with E-state index in [1.165, 1.54) is 14.2 Å². The van der Waals surface area contributed by atoms with Crippen molar-refractivity contribution in [2.45, 2.75) is 12.8 Å². The van der Waals surface area contributed by atoms with Gasteiger partial charge >= 0.3 is 5.97 Å². The molecule has 10 heteroatoms. The van der Waals surface area contributed by atoms with Crippen LogP contribution in [0.15, 0.2) is 6.33 Å². The molecule has 0 aliphatic heterocycles. The maximum Gasteiger partial charge on any atom is 0.306 e. The number of aromatic nitrogens is 3. The van der Waals surface area contributed by atoms with Gasteiger partial charge in [0, 0.05) is 33.6 Å². The summed E-state index contributed by atoms with van der Waals surface area (Å²) in [6.45, 7) is 0.267. The van der Waals surface area contributed by atoms with Gasteiger partial charge in [0.25, 0.3) is 10.2 Å². The predicted molar refractivity (Wildman–Crippen MR) is 70.9 cm³/mol. The zero-order valence-corrected chi connectivity index (χ0v) is 12.6. The second kappa shape index (κ2) is 7.31. The molecule has 9 nitrogen and oxygen atoms in total. The number of ether oxygens (including phenoxy) is 1. The Bertz CT molecular complexity index is 542. The highest BCUT2D eigenvalue weighted by Gasteiger charge is 2.18. The molecule has 1 rings (SSSR count). The molecule has 0 atom stereocenters. The number of nitrogens with zero attached hydrogens (tertiary/aromatic N) is 4. The third-order valence-electron chi connectivity index (χ3n) is 2.71. The van der Waals surface area contributed by atoms with Crippen LogP contribution in [0.2, 0.25) is 0 Å². The Morgan fingerprint density at radius 1 is 1.55 bits per heavy atom. The third-order valence-corrected chi connectivity index (χ3v) is 4.28.